The summed E-state index contributed by atoms with van der Waals surface area (Å²) in [6.07, 6.45) is -4.13. The van der Waals surface area contributed by atoms with Gasteiger partial charge in [0.1, 0.15) is 23.5 Å². The molecule has 0 spiro atoms. The van der Waals surface area contributed by atoms with Crippen molar-refractivity contribution < 1.29 is 35.6 Å². The lowest BCUT2D eigenvalue weighted by Crippen LogP contribution is -2.36. The van der Waals surface area contributed by atoms with Gasteiger partial charge < -0.3 is 19.9 Å². The fourth-order valence-electron chi connectivity index (χ4n) is 3.29. The lowest BCUT2D eigenvalue weighted by molar-refractivity contribution is -0.219. The number of carbonyl (C=O) groups excluding carboxylic acids is 1. The first-order valence-electron chi connectivity index (χ1n) is 10.6. The minimum Gasteiger partial charge on any atom is -0.423 e. The van der Waals surface area contributed by atoms with Crippen LogP contribution < -0.4 is 16.3 Å². The monoisotopic (exact) mass is 549 g/mol. The Morgan fingerprint density at radius 2 is 1.66 bits per heavy atom. The number of halogens is 3. The van der Waals surface area contributed by atoms with Crippen LogP contribution in [0.3, 0.4) is 0 Å². The van der Waals surface area contributed by atoms with E-state index >= 15 is 0 Å². The molecule has 4 rings (SSSR count). The molecule has 0 saturated heterocycles. The smallest absolute Gasteiger partial charge is 0.423 e. The maximum absolute atomic E-state index is 12.6. The van der Waals surface area contributed by atoms with Crippen LogP contribution in [0.1, 0.15) is 5.56 Å². The Morgan fingerprint density at radius 1 is 1.00 bits per heavy atom. The molecule has 0 amide bonds. The Morgan fingerprint density at radius 3 is 2.32 bits per heavy atom. The van der Waals surface area contributed by atoms with Gasteiger partial charge in [0.05, 0.1) is 4.90 Å². The Hall–Kier alpha value is -4.50. The van der Waals surface area contributed by atoms with Gasteiger partial charge in [0.25, 0.3) is 10.0 Å². The van der Waals surface area contributed by atoms with Crippen molar-refractivity contribution in [2.24, 2.45) is 0 Å². The third-order valence-corrected chi connectivity index (χ3v) is 6.68. The van der Waals surface area contributed by atoms with Crippen LogP contribution in [-0.2, 0) is 19.7 Å². The molecule has 0 aliphatic carbocycles. The third-order valence-electron chi connectivity index (χ3n) is 5.08. The zero-order chi connectivity index (χ0) is 27.7. The van der Waals surface area contributed by atoms with Crippen LogP contribution in [0.25, 0.3) is 11.0 Å². The number of fused-ring (bicyclic) bond motifs is 1. The van der Waals surface area contributed by atoms with E-state index in [1.165, 1.54) is 30.6 Å². The van der Waals surface area contributed by atoms with Crippen molar-refractivity contribution in [1.82, 2.24) is 14.4 Å². The van der Waals surface area contributed by atoms with Gasteiger partial charge >= 0.3 is 17.8 Å². The third kappa shape index (κ3) is 5.90. The van der Waals surface area contributed by atoms with Crippen molar-refractivity contribution in [1.29, 1.82) is 0 Å². The minimum atomic E-state index is -5.37. The highest BCUT2D eigenvalue weighted by molar-refractivity contribution is 7.89. The molecule has 2 N–H and O–H groups in total. The zero-order valence-electron chi connectivity index (χ0n) is 19.6. The van der Waals surface area contributed by atoms with Gasteiger partial charge in [-0.25, -0.2) is 28.0 Å². The van der Waals surface area contributed by atoms with Crippen molar-refractivity contribution in [2.75, 3.05) is 17.7 Å². The van der Waals surface area contributed by atoms with Gasteiger partial charge in [-0.3, -0.25) is 0 Å². The molecule has 198 valence electrons. The summed E-state index contributed by atoms with van der Waals surface area (Å²) in [5, 5.41) is 6.69. The van der Waals surface area contributed by atoms with Crippen molar-refractivity contribution >= 4 is 50.0 Å². The number of hydrogen-bond acceptors (Lipinski definition) is 10. The lowest BCUT2D eigenvalue weighted by Gasteiger charge is -2.17. The molecule has 0 aliphatic heterocycles. The van der Waals surface area contributed by atoms with Crippen molar-refractivity contribution in [3.63, 3.8) is 0 Å². The van der Waals surface area contributed by atoms with E-state index in [4.69, 9.17) is 4.42 Å². The van der Waals surface area contributed by atoms with Crippen molar-refractivity contribution in [3.05, 3.63) is 76.9 Å². The molecule has 4 aromatic rings. The Bertz CT molecular complexity index is 1690. The molecule has 0 atom stereocenters. The number of anilines is 4. The molecular formula is C23H18F3N5O6S. The van der Waals surface area contributed by atoms with E-state index in [1.807, 2.05) is 0 Å². The van der Waals surface area contributed by atoms with Gasteiger partial charge in [-0.2, -0.15) is 13.2 Å². The number of alkyl halides is 3. The number of nitrogens with one attached hydrogen (secondary N) is 2. The minimum absolute atomic E-state index is 0.165. The topological polar surface area (TPSA) is 144 Å². The molecule has 0 fully saturated rings. The second kappa shape index (κ2) is 10.1. The van der Waals surface area contributed by atoms with E-state index in [0.717, 1.165) is 23.1 Å². The number of nitrogens with zero attached hydrogens (tertiary/aromatic N) is 3. The highest BCUT2D eigenvalue weighted by Crippen LogP contribution is 2.26. The molecule has 0 radical (unpaired) electrons. The van der Waals surface area contributed by atoms with E-state index in [0.29, 0.717) is 24.1 Å². The van der Waals surface area contributed by atoms with E-state index in [2.05, 4.69) is 25.4 Å². The predicted molar refractivity (Wildman–Crippen MR) is 129 cm³/mol. The lowest BCUT2D eigenvalue weighted by atomic mass is 10.1. The number of hydroxylamine groups is 1. The van der Waals surface area contributed by atoms with Gasteiger partial charge in [0.15, 0.2) is 0 Å². The summed E-state index contributed by atoms with van der Waals surface area (Å²) < 4.78 is 67.6. The molecule has 2 heterocycles. The number of benzene rings is 2. The SMILES string of the molecule is Cc1cc(=O)oc2cc(Nc3cc(Nc4cccc(S(=O)(=O)N(C)OC(=O)C(F)(F)F)c4)ncn3)ccc12. The number of rotatable bonds is 7. The van der Waals surface area contributed by atoms with Crippen LogP contribution in [0.5, 0.6) is 0 Å². The Kier molecular flexibility index (Phi) is 7.06. The van der Waals surface area contributed by atoms with Crippen LogP contribution in [-0.4, -0.2) is 42.0 Å². The van der Waals surface area contributed by atoms with E-state index in [-0.39, 0.29) is 16.0 Å². The van der Waals surface area contributed by atoms with Crippen LogP contribution >= 0.6 is 0 Å². The van der Waals surface area contributed by atoms with Gasteiger partial charge in [0.2, 0.25) is 0 Å². The first-order valence-corrected chi connectivity index (χ1v) is 12.1. The molecule has 38 heavy (non-hydrogen) atoms. The Balaban J connectivity index is 1.52. The van der Waals surface area contributed by atoms with Crippen LogP contribution in [0.2, 0.25) is 0 Å². The number of carbonyl (C=O) groups is 1. The average Bonchev–Trinajstić information content (AvgIpc) is 2.83. The number of sulfonamides is 1. The number of aromatic nitrogens is 2. The molecule has 0 bridgehead atoms. The van der Waals surface area contributed by atoms with Gasteiger partial charge in [-0.1, -0.05) is 6.07 Å². The summed E-state index contributed by atoms with van der Waals surface area (Å²) in [5.41, 5.74) is 1.46. The normalized spacial score (nSPS) is 11.9. The second-order valence-electron chi connectivity index (χ2n) is 7.82. The number of hydrogen-bond donors (Lipinski definition) is 2. The summed E-state index contributed by atoms with van der Waals surface area (Å²) in [7, 11) is -3.94. The molecule has 0 aliphatic rings. The summed E-state index contributed by atoms with van der Waals surface area (Å²) in [5.74, 6) is -2.08. The van der Waals surface area contributed by atoms with Gasteiger partial charge in [-0.05, 0) is 47.3 Å². The second-order valence-corrected chi connectivity index (χ2v) is 9.75. The quantitative estimate of drug-likeness (QED) is 0.256. The first kappa shape index (κ1) is 26.6. The van der Waals surface area contributed by atoms with Gasteiger partial charge in [-0.15, -0.1) is 0 Å². The standard InChI is InChI=1S/C23H18F3N5O6S/c1-13-8-21(32)36-18-10-15(6-7-17(13)18)30-20-11-19(27-12-28-20)29-14-4-3-5-16(9-14)38(34,35)31(2)37-22(33)23(24,25)26/h3-12H,1-2H3,(H2,27,28,29,30). The zero-order valence-corrected chi connectivity index (χ0v) is 20.4. The summed E-state index contributed by atoms with van der Waals surface area (Å²) in [4.78, 5) is 34.3. The molecule has 2 aromatic heterocycles. The molecular weight excluding hydrogens is 531 g/mol. The summed E-state index contributed by atoms with van der Waals surface area (Å²) in [6.45, 7) is 1.79. The molecule has 2 aromatic carbocycles. The largest absolute Gasteiger partial charge is 0.492 e. The fraction of sp³-hybridized carbons (Fsp3) is 0.130. The highest BCUT2D eigenvalue weighted by Gasteiger charge is 2.43. The fourth-order valence-corrected chi connectivity index (χ4v) is 4.28. The predicted octanol–water partition coefficient (Wildman–Crippen LogP) is 4.02. The van der Waals surface area contributed by atoms with Crippen LogP contribution in [0, 0.1) is 6.92 Å². The summed E-state index contributed by atoms with van der Waals surface area (Å²) in [6, 6.07) is 13.1. The highest BCUT2D eigenvalue weighted by atomic mass is 32.2. The maximum atomic E-state index is 12.6. The maximum Gasteiger partial charge on any atom is 0.492 e. The summed E-state index contributed by atoms with van der Waals surface area (Å²) >= 11 is 0. The molecule has 0 saturated carbocycles. The molecule has 15 heteroatoms. The van der Waals surface area contributed by atoms with Crippen molar-refractivity contribution in [2.45, 2.75) is 18.0 Å². The van der Waals surface area contributed by atoms with E-state index < -0.39 is 32.7 Å². The van der Waals surface area contributed by atoms with E-state index in [1.54, 1.807) is 25.1 Å². The van der Waals surface area contributed by atoms with Gasteiger partial charge in [0, 0.05) is 42.0 Å². The molecule has 0 unspecified atom stereocenters. The number of aryl methyl sites for hydroxylation is 1. The van der Waals surface area contributed by atoms with E-state index in [9.17, 15) is 31.2 Å². The van der Waals surface area contributed by atoms with Crippen LogP contribution in [0.15, 0.2) is 75.0 Å². The average molecular weight is 549 g/mol. The Labute approximate surface area is 212 Å². The van der Waals surface area contributed by atoms with Crippen molar-refractivity contribution in [3.8, 4) is 0 Å². The first-order chi connectivity index (χ1) is 17.8. The van der Waals surface area contributed by atoms with Crippen LogP contribution in [0.4, 0.5) is 36.2 Å². The molecule has 11 nitrogen and oxygen atoms in total.